The van der Waals surface area contributed by atoms with Crippen molar-refractivity contribution in [1.82, 2.24) is 4.90 Å². The van der Waals surface area contributed by atoms with Crippen molar-refractivity contribution in [3.8, 4) is 6.07 Å². The zero-order valence-electron chi connectivity index (χ0n) is 20.9. The molecule has 1 fully saturated rings. The number of ether oxygens (including phenoxy) is 1. The number of carbonyl (C=O) groups is 1. The summed E-state index contributed by atoms with van der Waals surface area (Å²) in [5, 5.41) is 20.9. The fourth-order valence-electron chi connectivity index (χ4n) is 4.11. The maximum Gasteiger partial charge on any atom is 0.150 e. The van der Waals surface area contributed by atoms with E-state index in [1.807, 2.05) is 12.2 Å². The van der Waals surface area contributed by atoms with Gasteiger partial charge in [0.05, 0.1) is 31.7 Å². The number of aliphatic hydroxyl groups excluding tert-OH is 1. The SMILES string of the molecule is N#CC(=Cc1ccc(N=O)cc1)CC/C=C\C=C\OCCC(=O)CN1CCC(CCC/C=C/O)CC1. The first-order chi connectivity index (χ1) is 17.6. The highest BCUT2D eigenvalue weighted by Crippen LogP contribution is 2.22. The number of allylic oxidation sites excluding steroid dienone is 5. The molecule has 0 radical (unpaired) electrons. The van der Waals surface area contributed by atoms with E-state index in [1.165, 1.54) is 6.42 Å². The number of ketones is 1. The first kappa shape index (κ1) is 28.7. The van der Waals surface area contributed by atoms with E-state index >= 15 is 0 Å². The summed E-state index contributed by atoms with van der Waals surface area (Å²) in [4.78, 5) is 24.9. The summed E-state index contributed by atoms with van der Waals surface area (Å²) >= 11 is 0. The normalized spacial score (nSPS) is 15.6. The lowest BCUT2D eigenvalue weighted by Gasteiger charge is -2.31. The first-order valence-electron chi connectivity index (χ1n) is 12.6. The fraction of sp³-hybridized carbons (Fsp3) is 0.448. The summed E-state index contributed by atoms with van der Waals surface area (Å²) in [6.07, 6.45) is 19.2. The predicted molar refractivity (Wildman–Crippen MR) is 143 cm³/mol. The highest BCUT2D eigenvalue weighted by Gasteiger charge is 2.20. The van der Waals surface area contributed by atoms with Gasteiger partial charge in [0.2, 0.25) is 0 Å². The van der Waals surface area contributed by atoms with E-state index in [4.69, 9.17) is 9.84 Å². The number of piperidine rings is 1. The molecule has 0 aliphatic carbocycles. The number of aliphatic hydroxyl groups is 1. The largest absolute Gasteiger partial charge is 0.516 e. The number of hydrogen-bond donors (Lipinski definition) is 1. The Kier molecular flexibility index (Phi) is 14.3. The molecule has 0 amide bonds. The van der Waals surface area contributed by atoms with Crippen LogP contribution >= 0.6 is 0 Å². The van der Waals surface area contributed by atoms with Crippen LogP contribution in [0.25, 0.3) is 6.08 Å². The Morgan fingerprint density at radius 2 is 1.92 bits per heavy atom. The molecule has 0 aromatic heterocycles. The standard InChI is InChI=1S/C29H37N3O4/c30-23-27(22-26-10-12-28(31-35)13-11-26)9-4-1-2-7-20-36-21-16-29(34)24-32-17-14-25(15-18-32)8-5-3-6-19-33/h1-2,6-7,10-13,19-20,22,25,33H,3-5,8-9,14-18,21,24H2/b2-1-,19-6+,20-7+,27-22?. The molecule has 0 unspecified atom stereocenters. The van der Waals surface area contributed by atoms with Gasteiger partial charge in [0.25, 0.3) is 0 Å². The summed E-state index contributed by atoms with van der Waals surface area (Å²) in [5.74, 6) is 0.935. The lowest BCUT2D eigenvalue weighted by atomic mass is 9.91. The molecule has 1 aliphatic rings. The van der Waals surface area contributed by atoms with Crippen LogP contribution in [0.4, 0.5) is 5.69 Å². The third-order valence-corrected chi connectivity index (χ3v) is 6.18. The number of Topliss-reactive ketones (excluding diaryl/α,β-unsaturated/α-hetero) is 1. The minimum absolute atomic E-state index is 0.207. The monoisotopic (exact) mass is 491 g/mol. The summed E-state index contributed by atoms with van der Waals surface area (Å²) < 4.78 is 5.43. The maximum atomic E-state index is 12.2. The summed E-state index contributed by atoms with van der Waals surface area (Å²) in [6, 6.07) is 8.98. The number of nitrogens with zero attached hydrogens (tertiary/aromatic N) is 3. The van der Waals surface area contributed by atoms with Gasteiger partial charge in [-0.05, 0) is 92.6 Å². The molecule has 7 nitrogen and oxygen atoms in total. The fourth-order valence-corrected chi connectivity index (χ4v) is 4.11. The Morgan fingerprint density at radius 3 is 2.61 bits per heavy atom. The van der Waals surface area contributed by atoms with Gasteiger partial charge in [0.15, 0.2) is 0 Å². The summed E-state index contributed by atoms with van der Waals surface area (Å²) in [6.45, 7) is 2.83. The topological polar surface area (TPSA) is 103 Å². The van der Waals surface area contributed by atoms with Crippen LogP contribution in [-0.2, 0) is 9.53 Å². The molecule has 192 valence electrons. The van der Waals surface area contributed by atoms with Gasteiger partial charge in [-0.25, -0.2) is 0 Å². The first-order valence-corrected chi connectivity index (χ1v) is 12.6. The van der Waals surface area contributed by atoms with Gasteiger partial charge in [-0.15, -0.1) is 4.91 Å². The molecular formula is C29H37N3O4. The molecule has 1 N–H and O–H groups in total. The van der Waals surface area contributed by atoms with E-state index in [0.717, 1.165) is 56.5 Å². The molecular weight excluding hydrogens is 454 g/mol. The Labute approximate surface area is 214 Å². The van der Waals surface area contributed by atoms with E-state index < -0.39 is 0 Å². The van der Waals surface area contributed by atoms with E-state index in [9.17, 15) is 15.0 Å². The second-order valence-corrected chi connectivity index (χ2v) is 8.95. The highest BCUT2D eigenvalue weighted by atomic mass is 16.5. The molecule has 0 atom stereocenters. The van der Waals surface area contributed by atoms with Gasteiger partial charge in [-0.3, -0.25) is 9.69 Å². The quantitative estimate of drug-likeness (QED) is 0.0899. The number of unbranched alkanes of at least 4 members (excludes halogenated alkanes) is 1. The lowest BCUT2D eigenvalue weighted by molar-refractivity contribution is -0.121. The minimum Gasteiger partial charge on any atom is -0.516 e. The third kappa shape index (κ3) is 12.3. The molecule has 1 aromatic carbocycles. The van der Waals surface area contributed by atoms with E-state index in [0.29, 0.717) is 43.7 Å². The molecule has 1 saturated heterocycles. The van der Waals surface area contributed by atoms with E-state index in [2.05, 4.69) is 16.1 Å². The van der Waals surface area contributed by atoms with Crippen LogP contribution in [0.2, 0.25) is 0 Å². The number of hydrogen-bond acceptors (Lipinski definition) is 7. The van der Waals surface area contributed by atoms with Crippen LogP contribution in [0.5, 0.6) is 0 Å². The van der Waals surface area contributed by atoms with Crippen molar-refractivity contribution in [2.75, 3.05) is 26.2 Å². The number of nitroso groups, excluding NO2 is 1. The third-order valence-electron chi connectivity index (χ3n) is 6.18. The van der Waals surface area contributed by atoms with Crippen molar-refractivity contribution in [3.05, 3.63) is 77.1 Å². The maximum absolute atomic E-state index is 12.2. The average molecular weight is 492 g/mol. The summed E-state index contributed by atoms with van der Waals surface area (Å²) in [7, 11) is 0. The number of carbonyl (C=O) groups excluding carboxylic acids is 1. The van der Waals surface area contributed by atoms with Gasteiger partial charge in [-0.2, -0.15) is 5.26 Å². The molecule has 36 heavy (non-hydrogen) atoms. The van der Waals surface area contributed by atoms with Crippen LogP contribution in [0.1, 0.15) is 56.9 Å². The predicted octanol–water partition coefficient (Wildman–Crippen LogP) is 6.77. The average Bonchev–Trinajstić information content (AvgIpc) is 2.90. The number of nitriles is 1. The number of benzene rings is 1. The van der Waals surface area contributed by atoms with Gasteiger partial charge in [0, 0.05) is 12.0 Å². The van der Waals surface area contributed by atoms with Crippen LogP contribution in [0, 0.1) is 22.2 Å². The van der Waals surface area contributed by atoms with Crippen molar-refractivity contribution >= 4 is 17.5 Å². The number of likely N-dealkylation sites (tertiary alicyclic amines) is 1. The number of rotatable bonds is 16. The lowest BCUT2D eigenvalue weighted by Crippen LogP contribution is -2.37. The van der Waals surface area contributed by atoms with Gasteiger partial charge >= 0.3 is 0 Å². The molecule has 7 heteroatoms. The second kappa shape index (κ2) is 17.9. The molecule has 1 aromatic rings. The van der Waals surface area contributed by atoms with Crippen molar-refractivity contribution in [2.24, 2.45) is 11.1 Å². The zero-order chi connectivity index (χ0) is 25.8. The molecule has 2 rings (SSSR count). The summed E-state index contributed by atoms with van der Waals surface area (Å²) in [5.41, 5.74) is 1.88. The Bertz CT molecular complexity index is 950. The Balaban J connectivity index is 1.54. The molecule has 0 bridgehead atoms. The van der Waals surface area contributed by atoms with Crippen LogP contribution in [0.3, 0.4) is 0 Å². The second-order valence-electron chi connectivity index (χ2n) is 8.95. The van der Waals surface area contributed by atoms with Gasteiger partial charge in [0.1, 0.15) is 11.5 Å². The van der Waals surface area contributed by atoms with E-state index in [-0.39, 0.29) is 5.78 Å². The van der Waals surface area contributed by atoms with Crippen LogP contribution < -0.4 is 0 Å². The van der Waals surface area contributed by atoms with Crippen LogP contribution in [0.15, 0.2) is 71.8 Å². The molecule has 0 saturated carbocycles. The van der Waals surface area contributed by atoms with Crippen LogP contribution in [-0.4, -0.2) is 42.0 Å². The molecule has 0 spiro atoms. The Hall–Kier alpha value is -3.50. The van der Waals surface area contributed by atoms with Crippen molar-refractivity contribution < 1.29 is 14.6 Å². The van der Waals surface area contributed by atoms with Gasteiger partial charge < -0.3 is 9.84 Å². The minimum atomic E-state index is 0.207. The van der Waals surface area contributed by atoms with Crippen molar-refractivity contribution in [3.63, 3.8) is 0 Å². The van der Waals surface area contributed by atoms with Gasteiger partial charge in [-0.1, -0.05) is 36.8 Å². The van der Waals surface area contributed by atoms with Crippen molar-refractivity contribution in [2.45, 2.75) is 51.4 Å². The zero-order valence-corrected chi connectivity index (χ0v) is 20.9. The Morgan fingerprint density at radius 1 is 1.14 bits per heavy atom. The smallest absolute Gasteiger partial charge is 0.150 e. The van der Waals surface area contributed by atoms with Crippen molar-refractivity contribution in [1.29, 1.82) is 5.26 Å². The molecule has 1 heterocycles. The van der Waals surface area contributed by atoms with E-state index in [1.54, 1.807) is 48.8 Å². The molecule has 1 aliphatic heterocycles. The highest BCUT2D eigenvalue weighted by molar-refractivity contribution is 5.80.